The smallest absolute Gasteiger partial charge is 0.240 e. The number of rotatable bonds is 6. The van der Waals surface area contributed by atoms with E-state index in [1.807, 2.05) is 42.5 Å². The summed E-state index contributed by atoms with van der Waals surface area (Å²) in [4.78, 5) is 24.0. The molecule has 0 spiro atoms. The summed E-state index contributed by atoms with van der Waals surface area (Å²) in [5.74, 6) is -0.550. The average Bonchev–Trinajstić information content (AvgIpc) is 2.68. The first-order valence-electron chi connectivity index (χ1n) is 8.51. The van der Waals surface area contributed by atoms with Gasteiger partial charge in [-0.05, 0) is 23.6 Å². The van der Waals surface area contributed by atoms with Crippen LogP contribution < -0.4 is 10.7 Å². The summed E-state index contributed by atoms with van der Waals surface area (Å²) in [5.41, 5.74) is 3.56. The third-order valence-electron chi connectivity index (χ3n) is 3.97. The molecule has 0 saturated heterocycles. The summed E-state index contributed by atoms with van der Waals surface area (Å²) in [5, 5.41) is 18.2. The summed E-state index contributed by atoms with van der Waals surface area (Å²) < 4.78 is 0. The molecule has 3 aromatic rings. The fourth-order valence-electron chi connectivity index (χ4n) is 2.60. The highest BCUT2D eigenvalue weighted by molar-refractivity contribution is 6.02. The third kappa shape index (κ3) is 4.92. The molecule has 136 valence electrons. The number of nitrogens with zero attached hydrogens (tertiary/aromatic N) is 1. The number of phenols is 1. The summed E-state index contributed by atoms with van der Waals surface area (Å²) in [6.45, 7) is 0. The monoisotopic (exact) mass is 361 g/mol. The van der Waals surface area contributed by atoms with Crippen LogP contribution in [0.3, 0.4) is 0 Å². The van der Waals surface area contributed by atoms with Gasteiger partial charge in [0.05, 0.1) is 6.21 Å². The third-order valence-corrected chi connectivity index (χ3v) is 3.97. The molecule has 6 heteroatoms. The van der Waals surface area contributed by atoms with Gasteiger partial charge in [-0.25, -0.2) is 5.43 Å². The highest BCUT2D eigenvalue weighted by atomic mass is 16.3. The maximum atomic E-state index is 12.1. The molecule has 0 saturated carbocycles. The number of carbonyl (C=O) groups excluding carboxylic acids is 2. The Kier molecular flexibility index (Phi) is 5.79. The molecule has 0 aromatic heterocycles. The molecule has 0 aliphatic carbocycles. The Morgan fingerprint density at radius 2 is 1.59 bits per heavy atom. The number of para-hydroxylation sites is 1. The minimum Gasteiger partial charge on any atom is -0.507 e. The Morgan fingerprint density at radius 1 is 0.889 bits per heavy atom. The first-order chi connectivity index (χ1) is 13.1. The molecule has 3 aromatic carbocycles. The van der Waals surface area contributed by atoms with E-state index in [4.69, 9.17) is 0 Å². The van der Waals surface area contributed by atoms with Crippen LogP contribution in [-0.4, -0.2) is 23.1 Å². The number of aromatic hydroxyl groups is 1. The summed E-state index contributed by atoms with van der Waals surface area (Å²) in [6.07, 6.45) is 1.40. The Balaban J connectivity index is 1.50. The van der Waals surface area contributed by atoms with Crippen LogP contribution in [0.2, 0.25) is 0 Å². The van der Waals surface area contributed by atoms with Gasteiger partial charge in [-0.2, -0.15) is 5.10 Å². The van der Waals surface area contributed by atoms with E-state index >= 15 is 0 Å². The quantitative estimate of drug-likeness (QED) is 0.464. The number of hydrogen-bond acceptors (Lipinski definition) is 4. The van der Waals surface area contributed by atoms with Crippen LogP contribution in [-0.2, 0) is 9.59 Å². The predicted octanol–water partition coefficient (Wildman–Crippen LogP) is 3.41. The normalized spacial score (nSPS) is 10.8. The van der Waals surface area contributed by atoms with Gasteiger partial charge in [-0.15, -0.1) is 0 Å². The minimum atomic E-state index is -0.380. The Morgan fingerprint density at radius 3 is 2.44 bits per heavy atom. The van der Waals surface area contributed by atoms with Gasteiger partial charge >= 0.3 is 0 Å². The summed E-state index contributed by atoms with van der Waals surface area (Å²) in [6, 6.07) is 20.1. The average molecular weight is 361 g/mol. The molecule has 6 nitrogen and oxygen atoms in total. The van der Waals surface area contributed by atoms with Gasteiger partial charge in [0.2, 0.25) is 11.8 Å². The first kappa shape index (κ1) is 18.1. The molecule has 0 bridgehead atoms. The Bertz CT molecular complexity index is 993. The number of fused-ring (bicyclic) bond motifs is 1. The fraction of sp³-hybridized carbons (Fsp3) is 0.0952. The van der Waals surface area contributed by atoms with Crippen LogP contribution in [0.4, 0.5) is 5.69 Å². The van der Waals surface area contributed by atoms with E-state index in [0.29, 0.717) is 5.56 Å². The molecule has 3 rings (SSSR count). The Hall–Kier alpha value is -3.67. The largest absolute Gasteiger partial charge is 0.507 e. The molecule has 0 aliphatic heterocycles. The molecular formula is C21H19N3O3. The number of anilines is 1. The number of hydrogen-bond donors (Lipinski definition) is 3. The van der Waals surface area contributed by atoms with Gasteiger partial charge in [0.15, 0.2) is 0 Å². The molecule has 0 aliphatic rings. The number of amides is 2. The van der Waals surface area contributed by atoms with Crippen LogP contribution in [0.15, 0.2) is 71.8 Å². The van der Waals surface area contributed by atoms with E-state index in [-0.39, 0.29) is 30.4 Å². The summed E-state index contributed by atoms with van der Waals surface area (Å²) in [7, 11) is 0. The van der Waals surface area contributed by atoms with Crippen molar-refractivity contribution >= 4 is 34.5 Å². The number of benzene rings is 3. The minimum absolute atomic E-state index is 0.00864. The van der Waals surface area contributed by atoms with Crippen molar-refractivity contribution in [3.63, 3.8) is 0 Å². The van der Waals surface area contributed by atoms with E-state index in [2.05, 4.69) is 15.8 Å². The van der Waals surface area contributed by atoms with Crippen molar-refractivity contribution in [3.8, 4) is 5.75 Å². The van der Waals surface area contributed by atoms with Crippen molar-refractivity contribution in [2.45, 2.75) is 12.8 Å². The SMILES string of the molecule is O=C(CCC(=O)Nc1cccc2ccccc12)NN=Cc1ccccc1O. The van der Waals surface area contributed by atoms with Gasteiger partial charge < -0.3 is 10.4 Å². The van der Waals surface area contributed by atoms with Crippen molar-refractivity contribution < 1.29 is 14.7 Å². The maximum Gasteiger partial charge on any atom is 0.240 e. The zero-order chi connectivity index (χ0) is 19.1. The van der Waals surface area contributed by atoms with Gasteiger partial charge in [0, 0.05) is 29.5 Å². The lowest BCUT2D eigenvalue weighted by molar-refractivity contribution is -0.124. The lowest BCUT2D eigenvalue weighted by atomic mass is 10.1. The molecule has 0 unspecified atom stereocenters. The molecule has 3 N–H and O–H groups in total. The second-order valence-electron chi connectivity index (χ2n) is 5.93. The van der Waals surface area contributed by atoms with E-state index in [0.717, 1.165) is 16.5 Å². The van der Waals surface area contributed by atoms with Crippen LogP contribution in [0.1, 0.15) is 18.4 Å². The highest BCUT2D eigenvalue weighted by Gasteiger charge is 2.08. The second-order valence-corrected chi connectivity index (χ2v) is 5.93. The van der Waals surface area contributed by atoms with E-state index in [1.54, 1.807) is 18.2 Å². The predicted molar refractivity (Wildman–Crippen MR) is 106 cm³/mol. The maximum absolute atomic E-state index is 12.1. The number of carbonyl (C=O) groups is 2. The van der Waals surface area contributed by atoms with Crippen molar-refractivity contribution in [1.29, 1.82) is 0 Å². The zero-order valence-corrected chi connectivity index (χ0v) is 14.6. The number of phenolic OH excluding ortho intramolecular Hbond substituents is 1. The molecule has 0 fully saturated rings. The zero-order valence-electron chi connectivity index (χ0n) is 14.6. The van der Waals surface area contributed by atoms with Crippen molar-refractivity contribution in [2.24, 2.45) is 5.10 Å². The lowest BCUT2D eigenvalue weighted by Gasteiger charge is -2.08. The number of nitrogens with one attached hydrogen (secondary N) is 2. The topological polar surface area (TPSA) is 90.8 Å². The highest BCUT2D eigenvalue weighted by Crippen LogP contribution is 2.23. The van der Waals surface area contributed by atoms with Crippen LogP contribution in [0, 0.1) is 0 Å². The second kappa shape index (κ2) is 8.62. The molecule has 27 heavy (non-hydrogen) atoms. The van der Waals surface area contributed by atoms with Crippen molar-refractivity contribution in [3.05, 3.63) is 72.3 Å². The molecule has 2 amide bonds. The van der Waals surface area contributed by atoms with Gasteiger partial charge in [-0.1, -0.05) is 48.5 Å². The molecular weight excluding hydrogens is 342 g/mol. The van der Waals surface area contributed by atoms with Crippen LogP contribution >= 0.6 is 0 Å². The fourth-order valence-corrected chi connectivity index (χ4v) is 2.60. The van der Waals surface area contributed by atoms with E-state index in [1.165, 1.54) is 12.3 Å². The van der Waals surface area contributed by atoms with Crippen molar-refractivity contribution in [2.75, 3.05) is 5.32 Å². The van der Waals surface area contributed by atoms with Gasteiger partial charge in [0.1, 0.15) is 5.75 Å². The molecule has 0 heterocycles. The van der Waals surface area contributed by atoms with Crippen molar-refractivity contribution in [1.82, 2.24) is 5.43 Å². The van der Waals surface area contributed by atoms with E-state index < -0.39 is 0 Å². The first-order valence-corrected chi connectivity index (χ1v) is 8.51. The lowest BCUT2D eigenvalue weighted by Crippen LogP contribution is -2.20. The van der Waals surface area contributed by atoms with E-state index in [9.17, 15) is 14.7 Å². The Labute approximate surface area is 156 Å². The van der Waals surface area contributed by atoms with Gasteiger partial charge in [0.25, 0.3) is 0 Å². The molecule has 0 radical (unpaired) electrons. The number of hydrazone groups is 1. The van der Waals surface area contributed by atoms with Crippen LogP contribution in [0.25, 0.3) is 10.8 Å². The van der Waals surface area contributed by atoms with Gasteiger partial charge in [-0.3, -0.25) is 9.59 Å². The molecule has 0 atom stereocenters. The standard InChI is InChI=1S/C21H19N3O3/c25-19-11-4-2-7-16(19)14-22-24-21(27)13-12-20(26)23-18-10-5-8-15-6-1-3-9-17(15)18/h1-11,14,25H,12-13H2,(H,23,26)(H,24,27). The summed E-state index contributed by atoms with van der Waals surface area (Å²) >= 11 is 0. The van der Waals surface area contributed by atoms with Crippen LogP contribution in [0.5, 0.6) is 5.75 Å².